The smallest absolute Gasteiger partial charge is 0.253 e. The van der Waals surface area contributed by atoms with Gasteiger partial charge in [-0.25, -0.2) is 4.98 Å². The molecule has 0 atom stereocenters. The highest BCUT2D eigenvalue weighted by Gasteiger charge is 1.99. The van der Waals surface area contributed by atoms with Crippen molar-refractivity contribution in [1.82, 2.24) is 9.97 Å². The van der Waals surface area contributed by atoms with Crippen LogP contribution in [0.25, 0.3) is 0 Å². The van der Waals surface area contributed by atoms with E-state index in [1.54, 1.807) is 0 Å². The van der Waals surface area contributed by atoms with Gasteiger partial charge in [0.05, 0.1) is 0 Å². The summed E-state index contributed by atoms with van der Waals surface area (Å²) < 4.78 is 0. The third kappa shape index (κ3) is 3.92. The fourth-order valence-electron chi connectivity index (χ4n) is 1.61. The number of benzene rings is 1. The maximum absolute atomic E-state index is 11.2. The summed E-state index contributed by atoms with van der Waals surface area (Å²) in [5.74, 6) is 1.17. The Labute approximate surface area is 110 Å². The monoisotopic (exact) mass is 261 g/mol. The first-order valence-electron chi connectivity index (χ1n) is 5.77. The minimum absolute atomic E-state index is 0.201. The molecule has 4 nitrogen and oxygen atoms in total. The zero-order chi connectivity index (χ0) is 12.8. The van der Waals surface area contributed by atoms with Crippen molar-refractivity contribution in [3.8, 4) is 0 Å². The minimum atomic E-state index is -0.201. The van der Waals surface area contributed by atoms with Crippen LogP contribution in [0, 0.1) is 0 Å². The van der Waals surface area contributed by atoms with Gasteiger partial charge in [0.25, 0.3) is 5.56 Å². The molecule has 1 heterocycles. The summed E-state index contributed by atoms with van der Waals surface area (Å²) in [7, 11) is 0. The number of nitrogens with two attached hydrogens (primary N) is 1. The van der Waals surface area contributed by atoms with Gasteiger partial charge in [0.1, 0.15) is 5.82 Å². The normalized spacial score (nSPS) is 10.4. The third-order valence-corrected chi connectivity index (χ3v) is 3.39. The second-order valence-corrected chi connectivity index (χ2v) is 5.00. The summed E-state index contributed by atoms with van der Waals surface area (Å²) in [6.45, 7) is 0. The molecule has 2 aromatic rings. The van der Waals surface area contributed by atoms with Crippen LogP contribution < -0.4 is 11.3 Å². The Morgan fingerprint density at radius 1 is 1.28 bits per heavy atom. The van der Waals surface area contributed by atoms with E-state index in [-0.39, 0.29) is 11.4 Å². The molecule has 1 aromatic heterocycles. The van der Waals surface area contributed by atoms with Crippen LogP contribution >= 0.6 is 11.8 Å². The average Bonchev–Trinajstić information content (AvgIpc) is 2.35. The summed E-state index contributed by atoms with van der Waals surface area (Å²) in [6.07, 6.45) is 2.06. The molecule has 18 heavy (non-hydrogen) atoms. The molecular weight excluding hydrogens is 246 g/mol. The Morgan fingerprint density at radius 3 is 2.78 bits per heavy atom. The number of rotatable bonds is 5. The molecule has 0 fully saturated rings. The molecule has 1 aromatic carbocycles. The first-order chi connectivity index (χ1) is 8.74. The largest absolute Gasteiger partial charge is 0.383 e. The van der Waals surface area contributed by atoms with Gasteiger partial charge in [0, 0.05) is 11.8 Å². The van der Waals surface area contributed by atoms with Crippen molar-refractivity contribution in [2.75, 3.05) is 11.5 Å². The molecule has 5 heteroatoms. The summed E-state index contributed by atoms with van der Waals surface area (Å²) in [5, 5.41) is 0.591. The Hall–Kier alpha value is -1.75. The number of nitrogens with one attached hydrogen (secondary N) is 1. The van der Waals surface area contributed by atoms with E-state index in [4.69, 9.17) is 5.73 Å². The molecule has 0 radical (unpaired) electrons. The van der Waals surface area contributed by atoms with Crippen molar-refractivity contribution in [2.24, 2.45) is 0 Å². The van der Waals surface area contributed by atoms with Crippen LogP contribution in [0.15, 0.2) is 46.3 Å². The van der Waals surface area contributed by atoms with Crippen molar-refractivity contribution >= 4 is 17.6 Å². The fraction of sp³-hybridized carbons (Fsp3) is 0.231. The van der Waals surface area contributed by atoms with E-state index in [0.29, 0.717) is 5.16 Å². The fourth-order valence-corrected chi connectivity index (χ4v) is 2.44. The van der Waals surface area contributed by atoms with Gasteiger partial charge in [-0.05, 0) is 18.4 Å². The van der Waals surface area contributed by atoms with Gasteiger partial charge in [-0.2, -0.15) is 0 Å². The first-order valence-corrected chi connectivity index (χ1v) is 6.76. The van der Waals surface area contributed by atoms with Gasteiger partial charge in [-0.1, -0.05) is 42.1 Å². The van der Waals surface area contributed by atoms with E-state index < -0.39 is 0 Å². The lowest BCUT2D eigenvalue weighted by Gasteiger charge is -2.02. The molecule has 0 saturated heterocycles. The quantitative estimate of drug-likeness (QED) is 0.491. The molecule has 3 N–H and O–H groups in total. The van der Waals surface area contributed by atoms with Gasteiger partial charge >= 0.3 is 0 Å². The summed E-state index contributed by atoms with van der Waals surface area (Å²) in [4.78, 5) is 17.9. The lowest BCUT2D eigenvalue weighted by Crippen LogP contribution is -2.09. The second kappa shape index (κ2) is 6.26. The number of nitrogens with zero attached hydrogens (tertiary/aromatic N) is 1. The van der Waals surface area contributed by atoms with Crippen molar-refractivity contribution < 1.29 is 0 Å². The number of aryl methyl sites for hydroxylation is 1. The van der Waals surface area contributed by atoms with E-state index in [1.807, 2.05) is 18.2 Å². The van der Waals surface area contributed by atoms with E-state index in [9.17, 15) is 4.79 Å². The van der Waals surface area contributed by atoms with Gasteiger partial charge < -0.3 is 10.7 Å². The third-order valence-electron chi connectivity index (χ3n) is 2.43. The van der Waals surface area contributed by atoms with E-state index in [1.165, 1.54) is 23.4 Å². The van der Waals surface area contributed by atoms with E-state index in [0.717, 1.165) is 18.6 Å². The number of anilines is 1. The lowest BCUT2D eigenvalue weighted by molar-refractivity contribution is 0.912. The number of aromatic amines is 1. The number of nitrogen functional groups attached to an aromatic ring is 1. The predicted molar refractivity (Wildman–Crippen MR) is 74.8 cm³/mol. The standard InChI is InChI=1S/C13H15N3OS/c14-11-9-12(17)16-13(15-11)18-8-4-7-10-5-2-1-3-6-10/h1-3,5-6,9H,4,7-8H2,(H3,14,15,16,17). The number of aromatic nitrogens is 2. The molecule has 0 spiro atoms. The highest BCUT2D eigenvalue weighted by molar-refractivity contribution is 7.99. The maximum Gasteiger partial charge on any atom is 0.253 e. The summed E-state index contributed by atoms with van der Waals surface area (Å²) in [6, 6.07) is 11.6. The molecule has 0 amide bonds. The van der Waals surface area contributed by atoms with Crippen LogP contribution in [0.2, 0.25) is 0 Å². The highest BCUT2D eigenvalue weighted by Crippen LogP contribution is 2.14. The molecule has 0 aliphatic rings. The minimum Gasteiger partial charge on any atom is -0.383 e. The molecule has 0 saturated carbocycles. The SMILES string of the molecule is Nc1cc(=O)[nH]c(SCCCc2ccccc2)n1. The zero-order valence-electron chi connectivity index (χ0n) is 9.93. The number of thioether (sulfide) groups is 1. The van der Waals surface area contributed by atoms with E-state index in [2.05, 4.69) is 22.1 Å². The Kier molecular flexibility index (Phi) is 4.41. The van der Waals surface area contributed by atoms with Crippen LogP contribution in [0.5, 0.6) is 0 Å². The Morgan fingerprint density at radius 2 is 2.06 bits per heavy atom. The molecule has 0 unspecified atom stereocenters. The molecular formula is C13H15N3OS. The Balaban J connectivity index is 1.80. The topological polar surface area (TPSA) is 71.8 Å². The van der Waals surface area contributed by atoms with Crippen LogP contribution in [-0.2, 0) is 6.42 Å². The van der Waals surface area contributed by atoms with Crippen LogP contribution in [0.3, 0.4) is 0 Å². The van der Waals surface area contributed by atoms with Gasteiger partial charge in [-0.15, -0.1) is 0 Å². The molecule has 0 aliphatic carbocycles. The van der Waals surface area contributed by atoms with Crippen molar-refractivity contribution in [1.29, 1.82) is 0 Å². The predicted octanol–water partition coefficient (Wildman–Crippen LogP) is 2.08. The molecule has 0 bridgehead atoms. The average molecular weight is 261 g/mol. The summed E-state index contributed by atoms with van der Waals surface area (Å²) in [5.41, 5.74) is 6.64. The Bertz CT molecular complexity index is 554. The molecule has 94 valence electrons. The number of H-pyrrole nitrogens is 1. The number of hydrogen-bond donors (Lipinski definition) is 2. The number of hydrogen-bond acceptors (Lipinski definition) is 4. The maximum atomic E-state index is 11.2. The van der Waals surface area contributed by atoms with Crippen LogP contribution in [-0.4, -0.2) is 15.7 Å². The van der Waals surface area contributed by atoms with Gasteiger partial charge in [0.15, 0.2) is 5.16 Å². The first kappa shape index (κ1) is 12.7. The summed E-state index contributed by atoms with van der Waals surface area (Å²) >= 11 is 1.52. The zero-order valence-corrected chi connectivity index (χ0v) is 10.7. The highest BCUT2D eigenvalue weighted by atomic mass is 32.2. The van der Waals surface area contributed by atoms with Crippen molar-refractivity contribution in [3.63, 3.8) is 0 Å². The van der Waals surface area contributed by atoms with Crippen molar-refractivity contribution in [3.05, 3.63) is 52.3 Å². The van der Waals surface area contributed by atoms with Gasteiger partial charge in [-0.3, -0.25) is 4.79 Å². The van der Waals surface area contributed by atoms with Crippen LogP contribution in [0.4, 0.5) is 5.82 Å². The lowest BCUT2D eigenvalue weighted by atomic mass is 10.1. The second-order valence-electron chi connectivity index (χ2n) is 3.91. The van der Waals surface area contributed by atoms with E-state index >= 15 is 0 Å². The molecule has 2 rings (SSSR count). The van der Waals surface area contributed by atoms with Crippen molar-refractivity contribution in [2.45, 2.75) is 18.0 Å². The van der Waals surface area contributed by atoms with Gasteiger partial charge in [0.2, 0.25) is 0 Å². The van der Waals surface area contributed by atoms with Crippen LogP contribution in [0.1, 0.15) is 12.0 Å². The molecule has 0 aliphatic heterocycles.